The van der Waals surface area contributed by atoms with Crippen LogP contribution in [0.5, 0.6) is 0 Å². The molecule has 0 spiro atoms. The summed E-state index contributed by atoms with van der Waals surface area (Å²) in [6.45, 7) is 9.19. The van der Waals surface area contributed by atoms with Crippen molar-refractivity contribution in [2.24, 2.45) is 0 Å². The Kier molecular flexibility index (Phi) is 4.28. The summed E-state index contributed by atoms with van der Waals surface area (Å²) in [5.74, 6) is 0.564. The molecule has 2 saturated heterocycles. The molecule has 2 aliphatic heterocycles. The first-order chi connectivity index (χ1) is 10.7. The zero-order chi connectivity index (χ0) is 16.7. The molecule has 0 bridgehead atoms. The van der Waals surface area contributed by atoms with Crippen molar-refractivity contribution in [2.75, 3.05) is 6.54 Å². The van der Waals surface area contributed by atoms with E-state index in [2.05, 4.69) is 57.3 Å². The Labute approximate surface area is 139 Å². The lowest BCUT2D eigenvalue weighted by molar-refractivity contribution is -0.122. The number of carbonyl (C=O) groups is 1. The van der Waals surface area contributed by atoms with Crippen molar-refractivity contribution in [3.8, 4) is 0 Å². The maximum Gasteiger partial charge on any atom is 0.494 e. The topological polar surface area (TPSA) is 47.6 Å². The first-order valence-corrected chi connectivity index (χ1v) is 8.46. The molecule has 1 aromatic rings. The highest BCUT2D eigenvalue weighted by Crippen LogP contribution is 2.33. The standard InChI is InChI=1S/C18H26BNO3/c1-17(2)12-18(3,4)23-19(22-17)15-8-5-13(6-9-15)14-7-10-16(21)20-11-14/h5-6,8-9,14H,7,10-12H2,1-4H3,(H,20,21). The highest BCUT2D eigenvalue weighted by molar-refractivity contribution is 6.61. The van der Waals surface area contributed by atoms with Gasteiger partial charge < -0.3 is 14.6 Å². The fourth-order valence-corrected chi connectivity index (χ4v) is 3.79. The van der Waals surface area contributed by atoms with Crippen molar-refractivity contribution >= 4 is 18.5 Å². The molecule has 0 radical (unpaired) electrons. The van der Waals surface area contributed by atoms with Gasteiger partial charge in [0.15, 0.2) is 0 Å². The van der Waals surface area contributed by atoms with E-state index in [1.165, 1.54) is 5.56 Å². The molecule has 0 aromatic heterocycles. The van der Waals surface area contributed by atoms with Gasteiger partial charge in [-0.1, -0.05) is 24.3 Å². The first-order valence-electron chi connectivity index (χ1n) is 8.46. The van der Waals surface area contributed by atoms with Crippen LogP contribution >= 0.6 is 0 Å². The summed E-state index contributed by atoms with van der Waals surface area (Å²) in [4.78, 5) is 11.3. The fraction of sp³-hybridized carbons (Fsp3) is 0.611. The zero-order valence-corrected chi connectivity index (χ0v) is 14.5. The normalized spacial score (nSPS) is 26.7. The van der Waals surface area contributed by atoms with Crippen molar-refractivity contribution < 1.29 is 14.1 Å². The van der Waals surface area contributed by atoms with E-state index in [4.69, 9.17) is 9.31 Å². The third-order valence-corrected chi connectivity index (χ3v) is 4.65. The monoisotopic (exact) mass is 315 g/mol. The van der Waals surface area contributed by atoms with Gasteiger partial charge in [0.05, 0.1) is 11.2 Å². The molecular formula is C18H26BNO3. The molecule has 5 heteroatoms. The number of piperidine rings is 1. The Balaban J connectivity index is 1.73. The molecule has 1 aromatic carbocycles. The number of carbonyl (C=O) groups excluding carboxylic acids is 1. The van der Waals surface area contributed by atoms with Crippen molar-refractivity contribution in [3.05, 3.63) is 29.8 Å². The molecule has 3 rings (SSSR count). The van der Waals surface area contributed by atoms with E-state index in [9.17, 15) is 4.79 Å². The number of nitrogens with one attached hydrogen (secondary N) is 1. The zero-order valence-electron chi connectivity index (χ0n) is 14.5. The molecule has 4 nitrogen and oxygen atoms in total. The van der Waals surface area contributed by atoms with Gasteiger partial charge in [0.25, 0.3) is 0 Å². The van der Waals surface area contributed by atoms with E-state index in [-0.39, 0.29) is 24.2 Å². The number of hydrogen-bond acceptors (Lipinski definition) is 3. The first kappa shape index (κ1) is 16.5. The second kappa shape index (κ2) is 5.95. The maximum absolute atomic E-state index is 11.3. The molecule has 1 amide bonds. The average Bonchev–Trinajstić information content (AvgIpc) is 2.45. The van der Waals surface area contributed by atoms with Crippen molar-refractivity contribution in [1.82, 2.24) is 5.32 Å². The van der Waals surface area contributed by atoms with Crippen molar-refractivity contribution in [3.63, 3.8) is 0 Å². The van der Waals surface area contributed by atoms with Crippen LogP contribution in [-0.2, 0) is 14.1 Å². The Hall–Kier alpha value is -1.33. The molecule has 2 heterocycles. The Bertz CT molecular complexity index is 556. The molecule has 0 saturated carbocycles. The van der Waals surface area contributed by atoms with Crippen LogP contribution in [0.2, 0.25) is 0 Å². The van der Waals surface area contributed by atoms with E-state index in [1.807, 2.05) is 0 Å². The summed E-state index contributed by atoms with van der Waals surface area (Å²) < 4.78 is 12.2. The number of amides is 1. The third kappa shape index (κ3) is 3.96. The summed E-state index contributed by atoms with van der Waals surface area (Å²) in [7, 11) is -0.325. The summed E-state index contributed by atoms with van der Waals surface area (Å²) in [6.07, 6.45) is 2.40. The van der Waals surface area contributed by atoms with E-state index < -0.39 is 0 Å². The number of benzene rings is 1. The highest BCUT2D eigenvalue weighted by Gasteiger charge is 2.43. The molecule has 0 aliphatic carbocycles. The van der Waals surface area contributed by atoms with Gasteiger partial charge in [-0.3, -0.25) is 4.79 Å². The summed E-state index contributed by atoms with van der Waals surface area (Å²) in [5, 5.41) is 2.94. The van der Waals surface area contributed by atoms with Gasteiger partial charge in [0, 0.05) is 25.3 Å². The SMILES string of the molecule is CC1(C)CC(C)(C)OB(c2ccc(C3CCC(=O)NC3)cc2)O1. The molecule has 124 valence electrons. The fourth-order valence-electron chi connectivity index (χ4n) is 3.79. The van der Waals surface area contributed by atoms with E-state index in [1.54, 1.807) is 0 Å². The van der Waals surface area contributed by atoms with E-state index in [0.717, 1.165) is 24.8 Å². The molecule has 1 atom stereocenters. The van der Waals surface area contributed by atoms with Crippen LogP contribution < -0.4 is 10.8 Å². The molecule has 1 N–H and O–H groups in total. The van der Waals surface area contributed by atoms with Crippen LogP contribution in [0.15, 0.2) is 24.3 Å². The lowest BCUT2D eigenvalue weighted by atomic mass is 9.72. The predicted octanol–water partition coefficient (Wildman–Crippen LogP) is 2.37. The minimum absolute atomic E-state index is 0.159. The third-order valence-electron chi connectivity index (χ3n) is 4.65. The van der Waals surface area contributed by atoms with Gasteiger partial charge in [0.1, 0.15) is 0 Å². The van der Waals surface area contributed by atoms with Crippen LogP contribution in [0.1, 0.15) is 58.4 Å². The number of rotatable bonds is 2. The lowest BCUT2D eigenvalue weighted by Crippen LogP contribution is -2.56. The predicted molar refractivity (Wildman–Crippen MR) is 91.8 cm³/mol. The average molecular weight is 315 g/mol. The largest absolute Gasteiger partial charge is 0.494 e. The summed E-state index contributed by atoms with van der Waals surface area (Å²) in [5.41, 5.74) is 1.93. The van der Waals surface area contributed by atoms with E-state index >= 15 is 0 Å². The molecule has 2 fully saturated rings. The van der Waals surface area contributed by atoms with Gasteiger partial charge in [-0.15, -0.1) is 0 Å². The Morgan fingerprint density at radius 3 is 2.22 bits per heavy atom. The van der Waals surface area contributed by atoms with Gasteiger partial charge in [0.2, 0.25) is 5.91 Å². The Morgan fingerprint density at radius 2 is 1.70 bits per heavy atom. The second-order valence-electron chi connectivity index (χ2n) is 7.97. The maximum atomic E-state index is 11.3. The van der Waals surface area contributed by atoms with Crippen LogP contribution in [0, 0.1) is 0 Å². The number of hydrogen-bond donors (Lipinski definition) is 1. The van der Waals surface area contributed by atoms with Gasteiger partial charge >= 0.3 is 7.12 Å². The van der Waals surface area contributed by atoms with Crippen molar-refractivity contribution in [2.45, 2.75) is 64.1 Å². The minimum atomic E-state index is -0.325. The Morgan fingerprint density at radius 1 is 1.09 bits per heavy atom. The van der Waals surface area contributed by atoms with Crippen LogP contribution in [0.25, 0.3) is 0 Å². The molecular weight excluding hydrogens is 289 g/mol. The minimum Gasteiger partial charge on any atom is -0.402 e. The van der Waals surface area contributed by atoms with E-state index in [0.29, 0.717) is 12.3 Å². The molecule has 1 unspecified atom stereocenters. The van der Waals surface area contributed by atoms with Crippen molar-refractivity contribution in [1.29, 1.82) is 0 Å². The summed E-state index contributed by atoms with van der Waals surface area (Å²) in [6, 6.07) is 8.46. The smallest absolute Gasteiger partial charge is 0.402 e. The quantitative estimate of drug-likeness (QED) is 0.853. The molecule has 23 heavy (non-hydrogen) atoms. The summed E-state index contributed by atoms with van der Waals surface area (Å²) >= 11 is 0. The van der Waals surface area contributed by atoms with Crippen LogP contribution in [0.3, 0.4) is 0 Å². The highest BCUT2D eigenvalue weighted by atomic mass is 16.6. The molecule has 2 aliphatic rings. The van der Waals surface area contributed by atoms with Crippen LogP contribution in [0.4, 0.5) is 0 Å². The van der Waals surface area contributed by atoms with Gasteiger partial charge in [-0.2, -0.15) is 0 Å². The van der Waals surface area contributed by atoms with Crippen LogP contribution in [-0.4, -0.2) is 30.8 Å². The lowest BCUT2D eigenvalue weighted by Gasteiger charge is -2.44. The van der Waals surface area contributed by atoms with Gasteiger partial charge in [-0.05, 0) is 45.1 Å². The second-order valence-corrected chi connectivity index (χ2v) is 7.97. The van der Waals surface area contributed by atoms with Gasteiger partial charge in [-0.25, -0.2) is 0 Å².